The van der Waals surface area contributed by atoms with Gasteiger partial charge in [0.05, 0.1) is 12.7 Å². The van der Waals surface area contributed by atoms with Crippen molar-refractivity contribution < 1.29 is 14.6 Å². The van der Waals surface area contributed by atoms with E-state index in [9.17, 15) is 9.90 Å². The molecular weight excluding hydrogens is 336 g/mol. The first-order valence-electron chi connectivity index (χ1n) is 8.08. The third kappa shape index (κ3) is 6.91. The zero-order chi connectivity index (χ0) is 18.1. The van der Waals surface area contributed by atoms with Gasteiger partial charge in [-0.05, 0) is 49.0 Å². The van der Waals surface area contributed by atoms with Crippen LogP contribution in [0, 0.1) is 0 Å². The molecule has 6 heteroatoms. The number of nitrogens with one attached hydrogen (secondary N) is 2. The second kappa shape index (κ2) is 9.76. The van der Waals surface area contributed by atoms with Crippen LogP contribution >= 0.6 is 12.2 Å². The van der Waals surface area contributed by atoms with E-state index in [2.05, 4.69) is 22.8 Å². The smallest absolute Gasteiger partial charge is 0.257 e. The largest absolute Gasteiger partial charge is 0.493 e. The number of thiocarbonyl (C=S) groups is 1. The number of ether oxygens (including phenoxy) is 1. The van der Waals surface area contributed by atoms with E-state index in [0.717, 1.165) is 6.42 Å². The Hall–Kier alpha value is -2.44. The number of hydrogen-bond donors (Lipinski definition) is 3. The lowest BCUT2D eigenvalue weighted by Crippen LogP contribution is -2.41. The van der Waals surface area contributed by atoms with Gasteiger partial charge in [0.15, 0.2) is 5.11 Å². The lowest BCUT2D eigenvalue weighted by Gasteiger charge is -2.11. The molecule has 2 aromatic rings. The first-order chi connectivity index (χ1) is 12.0. The Morgan fingerprint density at radius 1 is 1.16 bits per heavy atom. The third-order valence-electron chi connectivity index (χ3n) is 3.40. The monoisotopic (exact) mass is 358 g/mol. The molecule has 25 heavy (non-hydrogen) atoms. The molecule has 3 N–H and O–H groups in total. The average Bonchev–Trinajstić information content (AvgIpc) is 2.61. The molecule has 0 saturated carbocycles. The summed E-state index contributed by atoms with van der Waals surface area (Å²) in [4.78, 5) is 12.1. The molecule has 0 fully saturated rings. The number of rotatable bonds is 7. The molecular formula is C19H22N2O3S. The number of aliphatic hydroxyl groups excluding tert-OH is 1. The predicted octanol–water partition coefficient (Wildman–Crippen LogP) is 2.29. The first kappa shape index (κ1) is 18.9. The van der Waals surface area contributed by atoms with Gasteiger partial charge in [0, 0.05) is 18.5 Å². The Balaban J connectivity index is 1.78. The van der Waals surface area contributed by atoms with Gasteiger partial charge in [-0.3, -0.25) is 10.1 Å². The van der Waals surface area contributed by atoms with E-state index < -0.39 is 6.10 Å². The van der Waals surface area contributed by atoms with Gasteiger partial charge in [-0.1, -0.05) is 30.3 Å². The minimum Gasteiger partial charge on any atom is -0.493 e. The Morgan fingerprint density at radius 3 is 2.48 bits per heavy atom. The molecule has 5 nitrogen and oxygen atoms in total. The highest BCUT2D eigenvalue weighted by Crippen LogP contribution is 2.13. The molecule has 0 spiro atoms. The molecule has 0 saturated heterocycles. The summed E-state index contributed by atoms with van der Waals surface area (Å²) < 4.78 is 5.69. The Bertz CT molecular complexity index is 688. The van der Waals surface area contributed by atoms with Gasteiger partial charge in [-0.2, -0.15) is 0 Å². The van der Waals surface area contributed by atoms with Gasteiger partial charge in [0.2, 0.25) is 0 Å². The molecule has 1 amide bonds. The average molecular weight is 358 g/mol. The maximum atomic E-state index is 12.1. The Morgan fingerprint density at radius 2 is 1.84 bits per heavy atom. The van der Waals surface area contributed by atoms with Crippen LogP contribution in [0.4, 0.5) is 0 Å². The van der Waals surface area contributed by atoms with Gasteiger partial charge < -0.3 is 15.2 Å². The molecule has 0 bridgehead atoms. The summed E-state index contributed by atoms with van der Waals surface area (Å²) in [6.07, 6.45) is 0.286. The number of carbonyl (C=O) groups excluding carboxylic acids is 1. The fraction of sp³-hybridized carbons (Fsp3) is 0.263. The van der Waals surface area contributed by atoms with E-state index in [0.29, 0.717) is 17.9 Å². The molecule has 2 aromatic carbocycles. The van der Waals surface area contributed by atoms with E-state index in [4.69, 9.17) is 17.0 Å². The zero-order valence-electron chi connectivity index (χ0n) is 14.1. The standard InChI is InChI=1S/C19H22N2O3S/c1-14(22)13-20-19(25)21-18(23)16-7-9-17(10-8-16)24-12-11-15-5-3-2-4-6-15/h2-10,14,22H,11-13H2,1H3,(H2,20,21,23,25). The molecule has 1 unspecified atom stereocenters. The van der Waals surface area contributed by atoms with Crippen molar-refractivity contribution >= 4 is 23.2 Å². The van der Waals surface area contributed by atoms with Crippen LogP contribution in [0.3, 0.4) is 0 Å². The van der Waals surface area contributed by atoms with Crippen LogP contribution in [0.25, 0.3) is 0 Å². The van der Waals surface area contributed by atoms with E-state index >= 15 is 0 Å². The molecule has 0 heterocycles. The van der Waals surface area contributed by atoms with Crippen molar-refractivity contribution in [3.05, 3.63) is 65.7 Å². The summed E-state index contributed by atoms with van der Waals surface area (Å²) >= 11 is 5.00. The van der Waals surface area contributed by atoms with Crippen molar-refractivity contribution in [1.82, 2.24) is 10.6 Å². The van der Waals surface area contributed by atoms with Gasteiger partial charge in [0.1, 0.15) is 5.75 Å². The van der Waals surface area contributed by atoms with Crippen LogP contribution in [0.5, 0.6) is 5.75 Å². The summed E-state index contributed by atoms with van der Waals surface area (Å²) in [5.41, 5.74) is 1.70. The van der Waals surface area contributed by atoms with E-state index in [1.807, 2.05) is 18.2 Å². The second-order valence-electron chi connectivity index (χ2n) is 5.62. The minimum atomic E-state index is -0.540. The van der Waals surface area contributed by atoms with Gasteiger partial charge in [-0.15, -0.1) is 0 Å². The number of amides is 1. The van der Waals surface area contributed by atoms with Crippen LogP contribution in [-0.2, 0) is 6.42 Å². The van der Waals surface area contributed by atoms with Crippen molar-refractivity contribution in [1.29, 1.82) is 0 Å². The van der Waals surface area contributed by atoms with Crippen molar-refractivity contribution in [2.75, 3.05) is 13.2 Å². The van der Waals surface area contributed by atoms with E-state index in [1.54, 1.807) is 31.2 Å². The summed E-state index contributed by atoms with van der Waals surface area (Å²) in [7, 11) is 0. The molecule has 2 rings (SSSR count). The summed E-state index contributed by atoms with van der Waals surface area (Å²) in [6.45, 7) is 2.49. The van der Waals surface area contributed by atoms with Gasteiger partial charge in [-0.25, -0.2) is 0 Å². The zero-order valence-corrected chi connectivity index (χ0v) is 14.9. The molecule has 0 aliphatic rings. The fourth-order valence-corrected chi connectivity index (χ4v) is 2.27. The number of benzene rings is 2. The van der Waals surface area contributed by atoms with Crippen molar-refractivity contribution in [2.24, 2.45) is 0 Å². The van der Waals surface area contributed by atoms with Crippen molar-refractivity contribution in [3.63, 3.8) is 0 Å². The topological polar surface area (TPSA) is 70.6 Å². The van der Waals surface area contributed by atoms with E-state index in [1.165, 1.54) is 5.56 Å². The SMILES string of the molecule is CC(O)CNC(=S)NC(=O)c1ccc(OCCc2ccccc2)cc1. The summed E-state index contributed by atoms with van der Waals surface area (Å²) in [5, 5.41) is 14.7. The minimum absolute atomic E-state index is 0.189. The molecule has 0 radical (unpaired) electrons. The molecule has 132 valence electrons. The Labute approximate surface area is 153 Å². The second-order valence-corrected chi connectivity index (χ2v) is 6.03. The highest BCUT2D eigenvalue weighted by molar-refractivity contribution is 7.80. The molecule has 0 aromatic heterocycles. The predicted molar refractivity (Wildman–Crippen MR) is 102 cm³/mol. The van der Waals surface area contributed by atoms with Crippen molar-refractivity contribution in [2.45, 2.75) is 19.4 Å². The molecule has 1 atom stereocenters. The summed E-state index contributed by atoms with van der Waals surface area (Å²) in [6, 6.07) is 17.0. The van der Waals surface area contributed by atoms with Crippen LogP contribution < -0.4 is 15.4 Å². The first-order valence-corrected chi connectivity index (χ1v) is 8.49. The fourth-order valence-electron chi connectivity index (χ4n) is 2.09. The highest BCUT2D eigenvalue weighted by Gasteiger charge is 2.08. The number of carbonyl (C=O) groups is 1. The lowest BCUT2D eigenvalue weighted by molar-refractivity contribution is 0.0976. The lowest BCUT2D eigenvalue weighted by atomic mass is 10.2. The van der Waals surface area contributed by atoms with Crippen LogP contribution in [-0.4, -0.2) is 35.4 Å². The maximum Gasteiger partial charge on any atom is 0.257 e. The Kier molecular flexibility index (Phi) is 7.37. The van der Waals surface area contributed by atoms with E-state index in [-0.39, 0.29) is 17.6 Å². The highest BCUT2D eigenvalue weighted by atomic mass is 32.1. The van der Waals surface area contributed by atoms with Gasteiger partial charge in [0.25, 0.3) is 5.91 Å². The maximum absolute atomic E-state index is 12.1. The number of hydrogen-bond acceptors (Lipinski definition) is 4. The number of aliphatic hydroxyl groups is 1. The molecule has 0 aliphatic carbocycles. The normalized spacial score (nSPS) is 11.4. The summed E-state index contributed by atoms with van der Waals surface area (Å²) in [5.74, 6) is 0.404. The van der Waals surface area contributed by atoms with Crippen molar-refractivity contribution in [3.8, 4) is 5.75 Å². The molecule has 0 aliphatic heterocycles. The third-order valence-corrected chi connectivity index (χ3v) is 3.65. The van der Waals surface area contributed by atoms with Gasteiger partial charge >= 0.3 is 0 Å². The van der Waals surface area contributed by atoms with Crippen LogP contribution in [0.15, 0.2) is 54.6 Å². The van der Waals surface area contributed by atoms with Crippen LogP contribution in [0.1, 0.15) is 22.8 Å². The quantitative estimate of drug-likeness (QED) is 0.663. The van der Waals surface area contributed by atoms with Crippen LogP contribution in [0.2, 0.25) is 0 Å².